The van der Waals surface area contributed by atoms with Crippen LogP contribution >= 0.6 is 0 Å². The van der Waals surface area contributed by atoms with Crippen molar-refractivity contribution >= 4 is 17.7 Å². The van der Waals surface area contributed by atoms with Gasteiger partial charge in [-0.25, -0.2) is 4.79 Å². The first-order valence-corrected chi connectivity index (χ1v) is 13.7. The summed E-state index contributed by atoms with van der Waals surface area (Å²) in [6.07, 6.45) is 6.41. The lowest BCUT2D eigenvalue weighted by atomic mass is 9.83. The SMILES string of the molecule is CC(C)CC(=O)N1CCC(c2ccc(C3(C(=O)c4nccc5c4C(=O)OC54CCNC4)CC3)cc2)CC1. The number of amides is 1. The Kier molecular flexibility index (Phi) is 5.94. The first-order valence-electron chi connectivity index (χ1n) is 13.7. The number of nitrogens with one attached hydrogen (secondary N) is 1. The van der Waals surface area contributed by atoms with E-state index in [9.17, 15) is 14.4 Å². The predicted molar refractivity (Wildman–Crippen MR) is 139 cm³/mol. The Morgan fingerprint density at radius 2 is 1.84 bits per heavy atom. The molecule has 1 saturated carbocycles. The maximum atomic E-state index is 13.9. The number of ether oxygens (including phenoxy) is 1. The number of hydrogen-bond acceptors (Lipinski definition) is 6. The summed E-state index contributed by atoms with van der Waals surface area (Å²) in [7, 11) is 0. The van der Waals surface area contributed by atoms with E-state index >= 15 is 0 Å². The summed E-state index contributed by atoms with van der Waals surface area (Å²) in [6.45, 7) is 7.12. The number of likely N-dealkylation sites (tertiary alicyclic amines) is 1. The lowest BCUT2D eigenvalue weighted by Gasteiger charge is -2.33. The van der Waals surface area contributed by atoms with Crippen molar-refractivity contribution in [2.24, 2.45) is 5.92 Å². The Hall–Kier alpha value is -3.06. The van der Waals surface area contributed by atoms with Crippen molar-refractivity contribution in [2.75, 3.05) is 26.2 Å². The van der Waals surface area contributed by atoms with Crippen LogP contribution in [-0.2, 0) is 20.5 Å². The molecule has 1 aromatic heterocycles. The molecule has 1 aliphatic carbocycles. The molecule has 1 atom stereocenters. The molecular formula is C30H35N3O4. The van der Waals surface area contributed by atoms with Gasteiger partial charge in [-0.2, -0.15) is 0 Å². The molecule has 2 aromatic rings. The third-order valence-corrected chi connectivity index (χ3v) is 8.82. The van der Waals surface area contributed by atoms with Gasteiger partial charge in [-0.15, -0.1) is 0 Å². The third kappa shape index (κ3) is 4.08. The first kappa shape index (κ1) is 24.3. The third-order valence-electron chi connectivity index (χ3n) is 8.82. The summed E-state index contributed by atoms with van der Waals surface area (Å²) in [5.41, 5.74) is 2.39. The van der Waals surface area contributed by atoms with Gasteiger partial charge in [0, 0.05) is 44.2 Å². The maximum absolute atomic E-state index is 13.9. The Bertz CT molecular complexity index is 1230. The fourth-order valence-corrected chi connectivity index (χ4v) is 6.50. The number of ketones is 1. The van der Waals surface area contributed by atoms with E-state index in [1.165, 1.54) is 5.56 Å². The summed E-state index contributed by atoms with van der Waals surface area (Å²) < 4.78 is 5.82. The normalized spacial score (nSPS) is 24.4. The highest BCUT2D eigenvalue weighted by molar-refractivity contribution is 6.12. The van der Waals surface area contributed by atoms with Crippen LogP contribution in [0.4, 0.5) is 0 Å². The van der Waals surface area contributed by atoms with Crippen molar-refractivity contribution in [3.05, 3.63) is 64.5 Å². The van der Waals surface area contributed by atoms with Crippen LogP contribution in [0.5, 0.6) is 0 Å². The Balaban J connectivity index is 1.19. The van der Waals surface area contributed by atoms with E-state index < -0.39 is 17.0 Å². The highest BCUT2D eigenvalue weighted by Crippen LogP contribution is 2.52. The number of piperidine rings is 1. The summed E-state index contributed by atoms with van der Waals surface area (Å²) in [4.78, 5) is 45.6. The molecule has 1 unspecified atom stereocenters. The Labute approximate surface area is 218 Å². The molecule has 3 aliphatic heterocycles. The van der Waals surface area contributed by atoms with Gasteiger partial charge in [0.05, 0.1) is 11.0 Å². The molecule has 3 fully saturated rings. The van der Waals surface area contributed by atoms with E-state index in [0.29, 0.717) is 36.8 Å². The molecule has 7 nitrogen and oxygen atoms in total. The molecule has 6 rings (SSSR count). The van der Waals surface area contributed by atoms with Gasteiger partial charge in [0.15, 0.2) is 11.4 Å². The van der Waals surface area contributed by atoms with Gasteiger partial charge in [0.2, 0.25) is 5.91 Å². The van der Waals surface area contributed by atoms with Crippen LogP contribution in [0.1, 0.15) is 95.8 Å². The number of carbonyl (C=O) groups is 3. The molecule has 1 spiro atoms. The number of hydrogen-bond donors (Lipinski definition) is 1. The predicted octanol–water partition coefficient (Wildman–Crippen LogP) is 4.11. The summed E-state index contributed by atoms with van der Waals surface area (Å²) >= 11 is 0. The minimum absolute atomic E-state index is 0.0750. The molecule has 194 valence electrons. The molecule has 1 N–H and O–H groups in total. The molecule has 2 saturated heterocycles. The number of carbonyl (C=O) groups excluding carboxylic acids is 3. The minimum atomic E-state index is -0.669. The molecule has 1 amide bonds. The fraction of sp³-hybridized carbons (Fsp3) is 0.533. The molecule has 0 radical (unpaired) electrons. The van der Waals surface area contributed by atoms with E-state index in [1.54, 1.807) is 6.20 Å². The molecule has 4 heterocycles. The fourth-order valence-electron chi connectivity index (χ4n) is 6.50. The van der Waals surface area contributed by atoms with Crippen molar-refractivity contribution in [2.45, 2.75) is 69.3 Å². The maximum Gasteiger partial charge on any atom is 0.341 e. The number of Topliss-reactive ketones (excluding diaryl/α,β-unsaturated/α-hetero) is 1. The van der Waals surface area contributed by atoms with E-state index in [2.05, 4.69) is 48.4 Å². The zero-order valence-corrected chi connectivity index (χ0v) is 21.7. The van der Waals surface area contributed by atoms with Gasteiger partial charge in [-0.3, -0.25) is 14.6 Å². The summed E-state index contributed by atoms with van der Waals surface area (Å²) in [5, 5.41) is 3.28. The number of benzene rings is 1. The van der Waals surface area contributed by atoms with E-state index in [1.807, 2.05) is 11.0 Å². The van der Waals surface area contributed by atoms with Gasteiger partial charge in [-0.05, 0) is 61.3 Å². The van der Waals surface area contributed by atoms with Gasteiger partial charge < -0.3 is 15.0 Å². The topological polar surface area (TPSA) is 88.6 Å². The van der Waals surface area contributed by atoms with E-state index in [-0.39, 0.29) is 17.4 Å². The van der Waals surface area contributed by atoms with Crippen LogP contribution in [0, 0.1) is 5.92 Å². The van der Waals surface area contributed by atoms with E-state index in [0.717, 1.165) is 56.4 Å². The molecule has 1 aromatic carbocycles. The Morgan fingerprint density at radius 1 is 1.11 bits per heavy atom. The summed E-state index contributed by atoms with van der Waals surface area (Å²) in [5.74, 6) is 0.563. The number of pyridine rings is 1. The number of rotatable bonds is 6. The number of fused-ring (bicyclic) bond motifs is 2. The number of aromatic nitrogens is 1. The zero-order chi connectivity index (χ0) is 25.8. The lowest BCUT2D eigenvalue weighted by molar-refractivity contribution is -0.133. The van der Waals surface area contributed by atoms with Crippen LogP contribution < -0.4 is 5.32 Å². The van der Waals surface area contributed by atoms with Crippen LogP contribution in [-0.4, -0.2) is 53.7 Å². The first-order chi connectivity index (χ1) is 17.8. The van der Waals surface area contributed by atoms with Crippen molar-refractivity contribution in [3.63, 3.8) is 0 Å². The quantitative estimate of drug-likeness (QED) is 0.474. The second-order valence-electron chi connectivity index (χ2n) is 11.7. The highest BCUT2D eigenvalue weighted by atomic mass is 16.6. The van der Waals surface area contributed by atoms with E-state index in [4.69, 9.17) is 4.74 Å². The minimum Gasteiger partial charge on any atom is -0.449 e. The lowest BCUT2D eigenvalue weighted by Crippen LogP contribution is -2.38. The zero-order valence-electron chi connectivity index (χ0n) is 21.7. The van der Waals surface area contributed by atoms with Gasteiger partial charge in [-0.1, -0.05) is 38.1 Å². The average molecular weight is 502 g/mol. The number of nitrogens with zero attached hydrogens (tertiary/aromatic N) is 2. The highest BCUT2D eigenvalue weighted by Gasteiger charge is 2.55. The Morgan fingerprint density at radius 3 is 2.46 bits per heavy atom. The van der Waals surface area contributed by atoms with Crippen LogP contribution in [0.2, 0.25) is 0 Å². The standard InChI is InChI=1S/C30H35N3O4/c1-19(2)17-24(34)33-15-8-21(9-16-33)20-3-5-22(6-4-20)29(10-11-29)27(35)26-25-23(7-13-32-26)30(37-28(25)36)12-14-31-18-30/h3-7,13,19,21,31H,8-12,14-18H2,1-2H3. The van der Waals surface area contributed by atoms with Crippen molar-refractivity contribution in [1.82, 2.24) is 15.2 Å². The average Bonchev–Trinajstić information content (AvgIpc) is 3.50. The largest absolute Gasteiger partial charge is 0.449 e. The van der Waals surface area contributed by atoms with Gasteiger partial charge >= 0.3 is 5.97 Å². The molecule has 37 heavy (non-hydrogen) atoms. The molecule has 4 aliphatic rings. The smallest absolute Gasteiger partial charge is 0.341 e. The van der Waals surface area contributed by atoms with Crippen molar-refractivity contribution in [1.29, 1.82) is 0 Å². The second kappa shape index (κ2) is 9.05. The summed E-state index contributed by atoms with van der Waals surface area (Å²) in [6, 6.07) is 10.3. The second-order valence-corrected chi connectivity index (χ2v) is 11.7. The van der Waals surface area contributed by atoms with Crippen LogP contribution in [0.15, 0.2) is 36.5 Å². The molecule has 0 bridgehead atoms. The van der Waals surface area contributed by atoms with Crippen LogP contribution in [0.25, 0.3) is 0 Å². The van der Waals surface area contributed by atoms with Gasteiger partial charge in [0.1, 0.15) is 5.69 Å². The molecule has 7 heteroatoms. The van der Waals surface area contributed by atoms with Gasteiger partial charge in [0.25, 0.3) is 0 Å². The van der Waals surface area contributed by atoms with Crippen molar-refractivity contribution in [3.8, 4) is 0 Å². The molecular weight excluding hydrogens is 466 g/mol. The monoisotopic (exact) mass is 501 g/mol. The number of esters is 1. The van der Waals surface area contributed by atoms with Crippen molar-refractivity contribution < 1.29 is 19.1 Å². The van der Waals surface area contributed by atoms with Crippen LogP contribution in [0.3, 0.4) is 0 Å².